The van der Waals surface area contributed by atoms with Gasteiger partial charge in [0.2, 0.25) is 0 Å². The largest absolute Gasteiger partial charge is 0.303 e. The average Bonchev–Trinajstić information content (AvgIpc) is 3.42. The van der Waals surface area contributed by atoms with Gasteiger partial charge in [-0.25, -0.2) is 0 Å². The Morgan fingerprint density at radius 2 is 1.24 bits per heavy atom. The molecule has 0 atom stereocenters. The average molecular weight is 404 g/mol. The third kappa shape index (κ3) is 7.79. The van der Waals surface area contributed by atoms with Crippen LogP contribution in [0.3, 0.4) is 0 Å². The first-order chi connectivity index (χ1) is 14.2. The first kappa shape index (κ1) is 24.0. The molecule has 2 rings (SSSR count). The van der Waals surface area contributed by atoms with Crippen molar-refractivity contribution in [3.8, 4) is 0 Å². The van der Waals surface area contributed by atoms with Gasteiger partial charge in [0.05, 0.1) is 5.41 Å². The Hall–Kier alpha value is -1.32. The van der Waals surface area contributed by atoms with E-state index in [1.54, 1.807) is 0 Å². The Balaban J connectivity index is 1.42. The van der Waals surface area contributed by atoms with Gasteiger partial charge in [-0.2, -0.15) is 0 Å². The number of carbonyl (C=O) groups excluding carboxylic acids is 2. The number of nitroso groups, excluding NO2 is 1. The Kier molecular flexibility index (Phi) is 10.8. The summed E-state index contributed by atoms with van der Waals surface area (Å²) in [5.74, 6) is -0.403. The molecule has 0 aliphatic heterocycles. The number of hydrogen-bond donors (Lipinski definition) is 0. The van der Waals surface area contributed by atoms with Crippen molar-refractivity contribution in [3.63, 3.8) is 0 Å². The van der Waals surface area contributed by atoms with Crippen molar-refractivity contribution in [2.45, 2.75) is 122 Å². The second kappa shape index (κ2) is 13.1. The summed E-state index contributed by atoms with van der Waals surface area (Å²) < 4.78 is 0. The predicted molar refractivity (Wildman–Crippen MR) is 119 cm³/mol. The van der Waals surface area contributed by atoms with Crippen LogP contribution in [-0.4, -0.2) is 12.2 Å². The van der Waals surface area contributed by atoms with Gasteiger partial charge in [-0.1, -0.05) is 69.9 Å². The lowest BCUT2D eigenvalue weighted by molar-refractivity contribution is -0.127. The molecule has 0 aromatic rings. The van der Waals surface area contributed by atoms with Crippen molar-refractivity contribution in [1.29, 1.82) is 0 Å². The fourth-order valence-corrected chi connectivity index (χ4v) is 5.46. The molecule has 0 aromatic carbocycles. The molecule has 2 saturated carbocycles. The summed E-state index contributed by atoms with van der Waals surface area (Å²) in [6, 6.07) is 0. The van der Waals surface area contributed by atoms with Gasteiger partial charge in [0.1, 0.15) is 6.29 Å². The van der Waals surface area contributed by atoms with E-state index in [4.69, 9.17) is 0 Å². The van der Waals surface area contributed by atoms with E-state index < -0.39 is 11.3 Å². The lowest BCUT2D eigenvalue weighted by Crippen LogP contribution is -2.26. The van der Waals surface area contributed by atoms with E-state index in [1.165, 1.54) is 44.8 Å². The van der Waals surface area contributed by atoms with Gasteiger partial charge in [0.15, 0.2) is 0 Å². The smallest absolute Gasteiger partial charge is 0.292 e. The van der Waals surface area contributed by atoms with Crippen LogP contribution in [0, 0.1) is 15.7 Å². The van der Waals surface area contributed by atoms with Crippen molar-refractivity contribution in [3.05, 3.63) is 17.1 Å². The van der Waals surface area contributed by atoms with Crippen LogP contribution in [0.4, 0.5) is 0 Å². The molecule has 0 N–H and O–H groups in total. The van der Waals surface area contributed by atoms with Crippen LogP contribution in [0.25, 0.3) is 0 Å². The molecule has 4 nitrogen and oxygen atoms in total. The van der Waals surface area contributed by atoms with E-state index in [9.17, 15) is 14.5 Å². The predicted octanol–water partition coefficient (Wildman–Crippen LogP) is 7.45. The quantitative estimate of drug-likeness (QED) is 0.123. The molecule has 0 bridgehead atoms. The molecule has 0 saturated heterocycles. The number of unbranched alkanes of at least 4 members (excludes halogenated alkanes) is 7. The standard InChI is InChI=1S/C25H41NO3/c27-22-24(17-12-13-18-24)16-10-8-6-4-2-1-3-5-7-9-11-19-25(23(28)26-29)20-14-15-21-25/h1,3,22H,2,4-21H2/b3-1-. The second-order valence-corrected chi connectivity index (χ2v) is 9.59. The number of aldehydes is 1. The van der Waals surface area contributed by atoms with Crippen molar-refractivity contribution < 1.29 is 9.59 Å². The van der Waals surface area contributed by atoms with Gasteiger partial charge >= 0.3 is 0 Å². The third-order valence-corrected chi connectivity index (χ3v) is 7.43. The van der Waals surface area contributed by atoms with Crippen molar-refractivity contribution in [1.82, 2.24) is 0 Å². The number of carbonyl (C=O) groups is 2. The van der Waals surface area contributed by atoms with Gasteiger partial charge in [-0.3, -0.25) is 4.79 Å². The summed E-state index contributed by atoms with van der Waals surface area (Å²) in [6.45, 7) is 0. The van der Waals surface area contributed by atoms with Crippen molar-refractivity contribution in [2.75, 3.05) is 0 Å². The van der Waals surface area contributed by atoms with E-state index in [0.29, 0.717) is 0 Å². The highest BCUT2D eigenvalue weighted by Gasteiger charge is 2.41. The number of allylic oxidation sites excluding steroid dienone is 2. The summed E-state index contributed by atoms with van der Waals surface area (Å²) in [7, 11) is 0. The van der Waals surface area contributed by atoms with Gasteiger partial charge in [-0.05, 0) is 64.2 Å². The molecule has 164 valence electrons. The molecule has 4 heteroatoms. The van der Waals surface area contributed by atoms with Crippen LogP contribution >= 0.6 is 0 Å². The van der Waals surface area contributed by atoms with E-state index in [1.807, 2.05) is 0 Å². The Morgan fingerprint density at radius 1 is 0.724 bits per heavy atom. The molecule has 2 aliphatic rings. The van der Waals surface area contributed by atoms with E-state index in [2.05, 4.69) is 17.3 Å². The normalized spacial score (nSPS) is 20.3. The van der Waals surface area contributed by atoms with Crippen LogP contribution in [0.5, 0.6) is 0 Å². The van der Waals surface area contributed by atoms with Gasteiger partial charge in [-0.15, -0.1) is 4.91 Å². The summed E-state index contributed by atoms with van der Waals surface area (Å²) >= 11 is 0. The Labute approximate surface area is 177 Å². The maximum atomic E-state index is 11.9. The highest BCUT2D eigenvalue weighted by Crippen LogP contribution is 2.43. The highest BCUT2D eigenvalue weighted by molar-refractivity contribution is 5.83. The lowest BCUT2D eigenvalue weighted by Gasteiger charge is -2.23. The zero-order valence-electron chi connectivity index (χ0n) is 18.3. The van der Waals surface area contributed by atoms with Crippen LogP contribution in [0.15, 0.2) is 17.3 Å². The highest BCUT2D eigenvalue weighted by atomic mass is 16.3. The SMILES string of the molecule is O=CC1(CCCCCC/C=C\CCCCCC2(C(=O)N=O)CCCC2)CCCC1. The molecule has 0 radical (unpaired) electrons. The Morgan fingerprint density at radius 3 is 1.83 bits per heavy atom. The van der Waals surface area contributed by atoms with Crippen molar-refractivity contribution in [2.24, 2.45) is 16.0 Å². The number of rotatable bonds is 15. The van der Waals surface area contributed by atoms with Crippen molar-refractivity contribution >= 4 is 12.2 Å². The van der Waals surface area contributed by atoms with Gasteiger partial charge < -0.3 is 4.79 Å². The fraction of sp³-hybridized carbons (Fsp3) is 0.840. The first-order valence-electron chi connectivity index (χ1n) is 12.2. The molecule has 2 aliphatic carbocycles. The molecule has 29 heavy (non-hydrogen) atoms. The zero-order valence-corrected chi connectivity index (χ0v) is 18.3. The topological polar surface area (TPSA) is 63.6 Å². The monoisotopic (exact) mass is 403 g/mol. The number of nitrogens with zero attached hydrogens (tertiary/aromatic N) is 1. The van der Waals surface area contributed by atoms with Crippen LogP contribution in [-0.2, 0) is 9.59 Å². The molecule has 0 unspecified atom stereocenters. The number of amides is 1. The van der Waals surface area contributed by atoms with Crippen LogP contribution in [0.1, 0.15) is 122 Å². The first-order valence-corrected chi connectivity index (χ1v) is 12.2. The summed E-state index contributed by atoms with van der Waals surface area (Å²) in [5, 5.41) is 2.73. The molecular weight excluding hydrogens is 362 g/mol. The minimum absolute atomic E-state index is 0.0361. The fourth-order valence-electron chi connectivity index (χ4n) is 5.46. The lowest BCUT2D eigenvalue weighted by atomic mass is 9.80. The zero-order chi connectivity index (χ0) is 20.8. The summed E-state index contributed by atoms with van der Waals surface area (Å²) in [6.07, 6.45) is 26.8. The van der Waals surface area contributed by atoms with Gasteiger partial charge in [0.25, 0.3) is 5.91 Å². The summed E-state index contributed by atoms with van der Waals surface area (Å²) in [4.78, 5) is 33.9. The second-order valence-electron chi connectivity index (χ2n) is 9.59. The van der Waals surface area contributed by atoms with Crippen LogP contribution < -0.4 is 0 Å². The van der Waals surface area contributed by atoms with E-state index >= 15 is 0 Å². The Bertz CT molecular complexity index is 528. The molecule has 1 amide bonds. The molecule has 0 spiro atoms. The van der Waals surface area contributed by atoms with E-state index in [-0.39, 0.29) is 5.41 Å². The maximum absolute atomic E-state index is 11.9. The summed E-state index contributed by atoms with van der Waals surface area (Å²) in [5.41, 5.74) is -0.380. The minimum atomic E-state index is -0.416. The maximum Gasteiger partial charge on any atom is 0.292 e. The molecule has 2 fully saturated rings. The van der Waals surface area contributed by atoms with Gasteiger partial charge in [0, 0.05) is 10.6 Å². The third-order valence-electron chi connectivity index (χ3n) is 7.43. The molecular formula is C25H41NO3. The molecule has 0 aromatic heterocycles. The molecule has 0 heterocycles. The van der Waals surface area contributed by atoms with Crippen LogP contribution in [0.2, 0.25) is 0 Å². The minimum Gasteiger partial charge on any atom is -0.303 e. The number of hydrogen-bond acceptors (Lipinski definition) is 3. The van der Waals surface area contributed by atoms with E-state index in [0.717, 1.165) is 83.5 Å².